The molecule has 2 aromatic rings. The highest BCUT2D eigenvalue weighted by molar-refractivity contribution is 7.89. The number of anilines is 1. The molecular weight excluding hydrogens is 347 g/mol. The standard InChI is InChI=1S/C13H14F3N5O2S/c1-8(24(17,22)23)7-19-11-6-10(13(14,15)16)20-12(21-11)9-2-4-18-5-3-9/h2-6,8H,7H2,1H3,(H2,17,22,23)(H,19,20,21). The first kappa shape index (κ1) is 18.1. The van der Waals surface area contributed by atoms with Gasteiger partial charge in [-0.3, -0.25) is 4.98 Å². The molecule has 2 rings (SSSR count). The van der Waals surface area contributed by atoms with Gasteiger partial charge < -0.3 is 5.32 Å². The number of alkyl halides is 3. The molecule has 0 spiro atoms. The monoisotopic (exact) mass is 361 g/mol. The fraction of sp³-hybridized carbons (Fsp3) is 0.308. The van der Waals surface area contributed by atoms with Crippen LogP contribution in [0.2, 0.25) is 0 Å². The molecule has 2 heterocycles. The molecule has 1 atom stereocenters. The van der Waals surface area contributed by atoms with Crippen LogP contribution in [0.25, 0.3) is 11.4 Å². The molecule has 0 bridgehead atoms. The molecule has 0 fully saturated rings. The third-order valence-corrected chi connectivity index (χ3v) is 4.37. The van der Waals surface area contributed by atoms with Gasteiger partial charge in [-0.25, -0.2) is 23.5 Å². The van der Waals surface area contributed by atoms with Crippen LogP contribution in [-0.4, -0.2) is 35.2 Å². The SMILES string of the molecule is CC(CNc1cc(C(F)(F)F)nc(-c2ccncc2)n1)S(N)(=O)=O. The highest BCUT2D eigenvalue weighted by Gasteiger charge is 2.34. The van der Waals surface area contributed by atoms with Gasteiger partial charge in [0.1, 0.15) is 5.82 Å². The molecule has 130 valence electrons. The second-order valence-electron chi connectivity index (χ2n) is 4.98. The molecule has 0 aromatic carbocycles. The minimum absolute atomic E-state index is 0.153. The summed E-state index contributed by atoms with van der Waals surface area (Å²) in [5, 5.41) is 6.53. The van der Waals surface area contributed by atoms with Crippen molar-refractivity contribution in [3.63, 3.8) is 0 Å². The molecule has 7 nitrogen and oxygen atoms in total. The Hall–Kier alpha value is -2.27. The zero-order chi connectivity index (χ0) is 18.0. The molecule has 2 aromatic heterocycles. The number of aromatic nitrogens is 3. The fourth-order valence-corrected chi connectivity index (χ4v) is 1.99. The van der Waals surface area contributed by atoms with E-state index in [9.17, 15) is 21.6 Å². The Kier molecular flexibility index (Phi) is 5.04. The summed E-state index contributed by atoms with van der Waals surface area (Å²) in [6.07, 6.45) is -1.88. The second kappa shape index (κ2) is 6.69. The topological polar surface area (TPSA) is 111 Å². The highest BCUT2D eigenvalue weighted by Crippen LogP contribution is 2.30. The van der Waals surface area contributed by atoms with E-state index in [4.69, 9.17) is 5.14 Å². The number of nitrogens with one attached hydrogen (secondary N) is 1. The predicted octanol–water partition coefficient (Wildman–Crippen LogP) is 1.65. The van der Waals surface area contributed by atoms with E-state index in [2.05, 4.69) is 20.3 Å². The molecule has 0 aliphatic carbocycles. The third kappa shape index (κ3) is 4.61. The lowest BCUT2D eigenvalue weighted by molar-refractivity contribution is -0.141. The van der Waals surface area contributed by atoms with Crippen molar-refractivity contribution in [2.24, 2.45) is 5.14 Å². The summed E-state index contributed by atoms with van der Waals surface area (Å²) >= 11 is 0. The van der Waals surface area contributed by atoms with Crippen molar-refractivity contribution in [1.29, 1.82) is 0 Å². The molecule has 0 radical (unpaired) electrons. The van der Waals surface area contributed by atoms with Crippen LogP contribution in [0.15, 0.2) is 30.6 Å². The smallest absolute Gasteiger partial charge is 0.369 e. The Balaban J connectivity index is 2.37. The lowest BCUT2D eigenvalue weighted by Crippen LogP contribution is -2.32. The Morgan fingerprint density at radius 2 is 1.88 bits per heavy atom. The summed E-state index contributed by atoms with van der Waals surface area (Å²) in [4.78, 5) is 11.3. The number of rotatable bonds is 5. The van der Waals surface area contributed by atoms with Gasteiger partial charge in [0.15, 0.2) is 11.5 Å². The zero-order valence-electron chi connectivity index (χ0n) is 12.4. The first-order valence-corrected chi connectivity index (χ1v) is 8.30. The summed E-state index contributed by atoms with van der Waals surface area (Å²) in [5.41, 5.74) is -0.797. The van der Waals surface area contributed by atoms with Gasteiger partial charge in [-0.2, -0.15) is 13.2 Å². The summed E-state index contributed by atoms with van der Waals surface area (Å²) in [6.45, 7) is 1.14. The third-order valence-electron chi connectivity index (χ3n) is 3.09. The van der Waals surface area contributed by atoms with E-state index in [1.807, 2.05) is 0 Å². The second-order valence-corrected chi connectivity index (χ2v) is 6.96. The van der Waals surface area contributed by atoms with E-state index >= 15 is 0 Å². The summed E-state index contributed by atoms with van der Waals surface area (Å²) < 4.78 is 61.4. The van der Waals surface area contributed by atoms with Gasteiger partial charge in [0.05, 0.1) is 5.25 Å². The van der Waals surface area contributed by atoms with Gasteiger partial charge in [0.25, 0.3) is 0 Å². The van der Waals surface area contributed by atoms with Crippen LogP contribution >= 0.6 is 0 Å². The summed E-state index contributed by atoms with van der Waals surface area (Å²) in [5.74, 6) is -0.308. The maximum atomic E-state index is 13.0. The van der Waals surface area contributed by atoms with E-state index in [-0.39, 0.29) is 18.2 Å². The van der Waals surface area contributed by atoms with E-state index in [0.29, 0.717) is 11.6 Å². The van der Waals surface area contributed by atoms with Crippen LogP contribution in [0.4, 0.5) is 19.0 Å². The van der Waals surface area contributed by atoms with Crippen LogP contribution in [0.1, 0.15) is 12.6 Å². The van der Waals surface area contributed by atoms with Crippen molar-refractivity contribution >= 4 is 15.8 Å². The molecule has 24 heavy (non-hydrogen) atoms. The number of halogens is 3. The van der Waals surface area contributed by atoms with Gasteiger partial charge >= 0.3 is 6.18 Å². The average Bonchev–Trinajstić information content (AvgIpc) is 2.51. The largest absolute Gasteiger partial charge is 0.433 e. The fourth-order valence-electron chi connectivity index (χ4n) is 1.68. The quantitative estimate of drug-likeness (QED) is 0.838. The number of hydrogen-bond acceptors (Lipinski definition) is 6. The number of sulfonamides is 1. The van der Waals surface area contributed by atoms with Gasteiger partial charge in [-0.1, -0.05) is 0 Å². The maximum absolute atomic E-state index is 13.0. The van der Waals surface area contributed by atoms with Crippen molar-refractivity contribution < 1.29 is 21.6 Å². The molecule has 0 saturated carbocycles. The Labute approximate surface area is 136 Å². The lowest BCUT2D eigenvalue weighted by Gasteiger charge is -2.14. The molecule has 0 amide bonds. The molecule has 3 N–H and O–H groups in total. The van der Waals surface area contributed by atoms with Gasteiger partial charge in [0.2, 0.25) is 10.0 Å². The van der Waals surface area contributed by atoms with Gasteiger partial charge in [-0.05, 0) is 19.1 Å². The van der Waals surface area contributed by atoms with Crippen molar-refractivity contribution in [3.05, 3.63) is 36.3 Å². The molecular formula is C13H14F3N5O2S. The van der Waals surface area contributed by atoms with Crippen molar-refractivity contribution in [2.75, 3.05) is 11.9 Å². The van der Waals surface area contributed by atoms with Gasteiger partial charge in [-0.15, -0.1) is 0 Å². The molecule has 0 saturated heterocycles. The van der Waals surface area contributed by atoms with E-state index in [0.717, 1.165) is 0 Å². The van der Waals surface area contributed by atoms with E-state index in [1.165, 1.54) is 31.5 Å². The first-order chi connectivity index (χ1) is 11.1. The Morgan fingerprint density at radius 3 is 2.42 bits per heavy atom. The van der Waals surface area contributed by atoms with Crippen LogP contribution in [0.5, 0.6) is 0 Å². The van der Waals surface area contributed by atoms with Crippen molar-refractivity contribution in [1.82, 2.24) is 15.0 Å². The van der Waals surface area contributed by atoms with Crippen LogP contribution in [0.3, 0.4) is 0 Å². The number of nitrogens with two attached hydrogens (primary N) is 1. The first-order valence-electron chi connectivity index (χ1n) is 6.69. The molecule has 1 unspecified atom stereocenters. The number of primary sulfonamides is 1. The van der Waals surface area contributed by atoms with E-state index < -0.39 is 27.1 Å². The number of hydrogen-bond donors (Lipinski definition) is 2. The lowest BCUT2D eigenvalue weighted by atomic mass is 10.2. The predicted molar refractivity (Wildman–Crippen MR) is 81.3 cm³/mol. The summed E-state index contributed by atoms with van der Waals surface area (Å²) in [7, 11) is -3.81. The normalized spacial score (nSPS) is 13.5. The summed E-state index contributed by atoms with van der Waals surface area (Å²) in [6, 6.07) is 3.64. The minimum Gasteiger partial charge on any atom is -0.369 e. The maximum Gasteiger partial charge on any atom is 0.433 e. The molecule has 0 aliphatic heterocycles. The van der Waals surface area contributed by atoms with Crippen LogP contribution in [0, 0.1) is 0 Å². The Morgan fingerprint density at radius 1 is 1.25 bits per heavy atom. The molecule has 0 aliphatic rings. The average molecular weight is 361 g/mol. The van der Waals surface area contributed by atoms with Crippen LogP contribution < -0.4 is 10.5 Å². The Bertz CT molecular complexity index is 812. The minimum atomic E-state index is -4.67. The number of pyridine rings is 1. The van der Waals surface area contributed by atoms with Gasteiger partial charge in [0, 0.05) is 30.6 Å². The van der Waals surface area contributed by atoms with Crippen molar-refractivity contribution in [2.45, 2.75) is 18.3 Å². The number of nitrogens with zero attached hydrogens (tertiary/aromatic N) is 3. The van der Waals surface area contributed by atoms with Crippen LogP contribution in [-0.2, 0) is 16.2 Å². The zero-order valence-corrected chi connectivity index (χ0v) is 13.3. The highest BCUT2D eigenvalue weighted by atomic mass is 32.2. The van der Waals surface area contributed by atoms with Crippen molar-refractivity contribution in [3.8, 4) is 11.4 Å². The van der Waals surface area contributed by atoms with E-state index in [1.54, 1.807) is 0 Å². The molecule has 11 heteroatoms.